The SMILES string of the molecule is O=C(c1ccc(C(F)(F)F)cc1)N1CCc2nc(N3CCOCC3)nc(N3CCOCC3)c2C1. The number of hydrogen-bond acceptors (Lipinski definition) is 7. The van der Waals surface area contributed by atoms with Crippen LogP contribution in [0.4, 0.5) is 24.9 Å². The van der Waals surface area contributed by atoms with Crippen molar-refractivity contribution in [2.75, 3.05) is 69.0 Å². The Balaban J connectivity index is 1.42. The summed E-state index contributed by atoms with van der Waals surface area (Å²) in [6.45, 7) is 6.03. The first-order valence-electron chi connectivity index (χ1n) is 11.4. The van der Waals surface area contributed by atoms with Gasteiger partial charge in [0.2, 0.25) is 5.95 Å². The number of anilines is 2. The third-order valence-electron chi connectivity index (χ3n) is 6.38. The smallest absolute Gasteiger partial charge is 0.378 e. The number of aromatic nitrogens is 2. The van der Waals surface area contributed by atoms with E-state index in [9.17, 15) is 18.0 Å². The van der Waals surface area contributed by atoms with Crippen LogP contribution >= 0.6 is 0 Å². The molecule has 1 amide bonds. The summed E-state index contributed by atoms with van der Waals surface area (Å²) in [6, 6.07) is 4.37. The molecule has 5 rings (SSSR count). The van der Waals surface area contributed by atoms with E-state index in [2.05, 4.69) is 9.80 Å². The fraction of sp³-hybridized carbons (Fsp3) is 0.522. The van der Waals surface area contributed by atoms with Crippen molar-refractivity contribution >= 4 is 17.7 Å². The topological polar surface area (TPSA) is 71.0 Å². The first-order valence-corrected chi connectivity index (χ1v) is 11.4. The molecule has 0 unspecified atom stereocenters. The number of amides is 1. The molecule has 34 heavy (non-hydrogen) atoms. The summed E-state index contributed by atoms with van der Waals surface area (Å²) in [4.78, 5) is 28.8. The van der Waals surface area contributed by atoms with Crippen LogP contribution in [-0.4, -0.2) is 79.9 Å². The fourth-order valence-electron chi connectivity index (χ4n) is 4.48. The van der Waals surface area contributed by atoms with Gasteiger partial charge in [0.15, 0.2) is 0 Å². The summed E-state index contributed by atoms with van der Waals surface area (Å²) in [5, 5.41) is 0. The number of rotatable bonds is 3. The van der Waals surface area contributed by atoms with E-state index in [0.29, 0.717) is 65.0 Å². The molecule has 0 N–H and O–H groups in total. The first-order chi connectivity index (χ1) is 16.4. The van der Waals surface area contributed by atoms with Crippen LogP contribution in [0.2, 0.25) is 0 Å². The molecule has 1 aromatic heterocycles. The van der Waals surface area contributed by atoms with Gasteiger partial charge in [-0.2, -0.15) is 18.2 Å². The van der Waals surface area contributed by atoms with Crippen molar-refractivity contribution in [3.8, 4) is 0 Å². The molecule has 3 aliphatic rings. The molecule has 2 fully saturated rings. The Labute approximate surface area is 195 Å². The lowest BCUT2D eigenvalue weighted by Gasteiger charge is -2.36. The van der Waals surface area contributed by atoms with Crippen LogP contribution in [-0.2, 0) is 28.6 Å². The van der Waals surface area contributed by atoms with E-state index in [1.54, 1.807) is 4.90 Å². The minimum absolute atomic E-state index is 0.232. The maximum absolute atomic E-state index is 13.1. The van der Waals surface area contributed by atoms with Gasteiger partial charge in [0.25, 0.3) is 5.91 Å². The maximum atomic E-state index is 13.1. The van der Waals surface area contributed by atoms with Crippen molar-refractivity contribution < 1.29 is 27.4 Å². The monoisotopic (exact) mass is 477 g/mol. The van der Waals surface area contributed by atoms with E-state index in [1.807, 2.05) is 0 Å². The van der Waals surface area contributed by atoms with Gasteiger partial charge in [0, 0.05) is 50.3 Å². The number of nitrogens with zero attached hydrogens (tertiary/aromatic N) is 5. The van der Waals surface area contributed by atoms with Crippen molar-refractivity contribution in [3.63, 3.8) is 0 Å². The van der Waals surface area contributed by atoms with Crippen molar-refractivity contribution in [2.45, 2.75) is 19.1 Å². The summed E-state index contributed by atoms with van der Waals surface area (Å²) >= 11 is 0. The predicted octanol–water partition coefficient (Wildman–Crippen LogP) is 2.37. The van der Waals surface area contributed by atoms with E-state index in [1.165, 1.54) is 12.1 Å². The van der Waals surface area contributed by atoms with E-state index < -0.39 is 11.7 Å². The number of morpholine rings is 2. The molecular weight excluding hydrogens is 451 g/mol. The third-order valence-corrected chi connectivity index (χ3v) is 6.38. The van der Waals surface area contributed by atoms with Gasteiger partial charge in [-0.3, -0.25) is 4.79 Å². The predicted molar refractivity (Wildman–Crippen MR) is 118 cm³/mol. The number of carbonyl (C=O) groups is 1. The van der Waals surface area contributed by atoms with Crippen LogP contribution in [0.5, 0.6) is 0 Å². The van der Waals surface area contributed by atoms with Crippen LogP contribution in [0, 0.1) is 0 Å². The van der Waals surface area contributed by atoms with Gasteiger partial charge in [-0.1, -0.05) is 0 Å². The van der Waals surface area contributed by atoms with Gasteiger partial charge in [-0.05, 0) is 24.3 Å². The molecule has 0 radical (unpaired) electrons. The van der Waals surface area contributed by atoms with Crippen molar-refractivity contribution in [1.82, 2.24) is 14.9 Å². The number of carbonyl (C=O) groups excluding carboxylic acids is 1. The van der Waals surface area contributed by atoms with E-state index in [0.717, 1.165) is 42.3 Å². The Morgan fingerprint density at radius 3 is 2.09 bits per heavy atom. The van der Waals surface area contributed by atoms with Gasteiger partial charge in [-0.15, -0.1) is 0 Å². The molecule has 0 atom stereocenters. The lowest BCUT2D eigenvalue weighted by molar-refractivity contribution is -0.137. The Bertz CT molecular complexity index is 1040. The Morgan fingerprint density at radius 2 is 1.47 bits per heavy atom. The largest absolute Gasteiger partial charge is 0.416 e. The van der Waals surface area contributed by atoms with Gasteiger partial charge < -0.3 is 24.2 Å². The van der Waals surface area contributed by atoms with Gasteiger partial charge in [0.05, 0.1) is 44.2 Å². The zero-order valence-electron chi connectivity index (χ0n) is 18.7. The molecule has 11 heteroatoms. The highest BCUT2D eigenvalue weighted by Crippen LogP contribution is 2.32. The van der Waals surface area contributed by atoms with E-state index in [4.69, 9.17) is 19.4 Å². The summed E-state index contributed by atoms with van der Waals surface area (Å²) in [5.74, 6) is 1.18. The number of hydrogen-bond donors (Lipinski definition) is 0. The second kappa shape index (κ2) is 9.38. The molecule has 2 saturated heterocycles. The number of benzene rings is 1. The first kappa shape index (κ1) is 22.9. The molecule has 2 aromatic rings. The molecule has 182 valence electrons. The van der Waals surface area contributed by atoms with Crippen molar-refractivity contribution in [3.05, 3.63) is 46.6 Å². The molecule has 4 heterocycles. The second-order valence-corrected chi connectivity index (χ2v) is 8.52. The molecule has 0 saturated carbocycles. The lowest BCUT2D eigenvalue weighted by Crippen LogP contribution is -2.42. The highest BCUT2D eigenvalue weighted by Gasteiger charge is 2.32. The van der Waals surface area contributed by atoms with Gasteiger partial charge >= 0.3 is 6.18 Å². The number of fused-ring (bicyclic) bond motifs is 1. The third kappa shape index (κ3) is 4.67. The van der Waals surface area contributed by atoms with Crippen LogP contribution in [0.1, 0.15) is 27.2 Å². The lowest BCUT2D eigenvalue weighted by atomic mass is 10.0. The van der Waals surface area contributed by atoms with Crippen LogP contribution < -0.4 is 9.80 Å². The average Bonchev–Trinajstić information content (AvgIpc) is 2.88. The quantitative estimate of drug-likeness (QED) is 0.672. The molecule has 3 aliphatic heterocycles. The summed E-state index contributed by atoms with van der Waals surface area (Å²) < 4.78 is 49.7. The Morgan fingerprint density at radius 1 is 0.853 bits per heavy atom. The number of halogens is 3. The molecule has 8 nitrogen and oxygen atoms in total. The molecule has 0 aliphatic carbocycles. The number of alkyl halides is 3. The van der Waals surface area contributed by atoms with E-state index >= 15 is 0 Å². The van der Waals surface area contributed by atoms with Crippen LogP contribution in [0.3, 0.4) is 0 Å². The Hall–Kier alpha value is -2.92. The highest BCUT2D eigenvalue weighted by molar-refractivity contribution is 5.94. The van der Waals surface area contributed by atoms with Gasteiger partial charge in [-0.25, -0.2) is 4.98 Å². The Kier molecular flexibility index (Phi) is 6.30. The highest BCUT2D eigenvalue weighted by atomic mass is 19.4. The number of ether oxygens (including phenoxy) is 2. The average molecular weight is 477 g/mol. The molecule has 0 bridgehead atoms. The van der Waals surface area contributed by atoms with Crippen LogP contribution in [0.15, 0.2) is 24.3 Å². The standard InChI is InChI=1S/C23H26F3N5O3/c24-23(25,26)17-3-1-16(2-4-17)21(32)31-6-5-19-18(15-31)20(29-7-11-33-12-8-29)28-22(27-19)30-9-13-34-14-10-30/h1-4H,5-15H2. The minimum atomic E-state index is -4.44. The van der Waals surface area contributed by atoms with Crippen molar-refractivity contribution in [2.24, 2.45) is 0 Å². The molecule has 1 aromatic carbocycles. The second-order valence-electron chi connectivity index (χ2n) is 8.52. The summed E-state index contributed by atoms with van der Waals surface area (Å²) in [7, 11) is 0. The molecule has 0 spiro atoms. The van der Waals surface area contributed by atoms with Gasteiger partial charge in [0.1, 0.15) is 5.82 Å². The fourth-order valence-corrected chi connectivity index (χ4v) is 4.48. The van der Waals surface area contributed by atoms with E-state index in [-0.39, 0.29) is 11.5 Å². The normalized spacial score (nSPS) is 19.2. The zero-order valence-corrected chi connectivity index (χ0v) is 18.7. The minimum Gasteiger partial charge on any atom is -0.378 e. The maximum Gasteiger partial charge on any atom is 0.416 e. The summed E-state index contributed by atoms with van der Waals surface area (Å²) in [5.41, 5.74) is 1.27. The van der Waals surface area contributed by atoms with Crippen molar-refractivity contribution in [1.29, 1.82) is 0 Å². The molecular formula is C23H26F3N5O3. The summed E-state index contributed by atoms with van der Waals surface area (Å²) in [6.07, 6.45) is -3.88. The zero-order chi connectivity index (χ0) is 23.7. The van der Waals surface area contributed by atoms with Crippen LogP contribution in [0.25, 0.3) is 0 Å².